The number of ketones is 1. The number of nitrogens with zero attached hydrogens (tertiary/aromatic N) is 2. The van der Waals surface area contributed by atoms with Crippen molar-refractivity contribution in [2.75, 3.05) is 30.7 Å². The van der Waals surface area contributed by atoms with Gasteiger partial charge in [0.25, 0.3) is 0 Å². The molecule has 0 saturated carbocycles. The van der Waals surface area contributed by atoms with Crippen molar-refractivity contribution in [3.63, 3.8) is 0 Å². The average Bonchev–Trinajstić information content (AvgIpc) is 3.35. The van der Waals surface area contributed by atoms with Gasteiger partial charge in [0.05, 0.1) is 23.9 Å². The van der Waals surface area contributed by atoms with Gasteiger partial charge in [-0.2, -0.15) is 0 Å². The number of furan rings is 1. The van der Waals surface area contributed by atoms with Gasteiger partial charge in [-0.1, -0.05) is 19.1 Å². The molecule has 0 bridgehead atoms. The SMILES string of the molecule is CCC(=O)c1c(-c2ccc(F)cc2)oc2cc(N(C)S(C)(=O)=O)c([C@@H]3CCCN(C(=O)Cc4ccc(F)cc4)C3)cc12. The predicted molar refractivity (Wildman–Crippen MR) is 158 cm³/mol. The number of fused-ring (bicyclic) bond motifs is 1. The second-order valence-electron chi connectivity index (χ2n) is 10.7. The summed E-state index contributed by atoms with van der Waals surface area (Å²) >= 11 is 0. The summed E-state index contributed by atoms with van der Waals surface area (Å²) in [6.07, 6.45) is 2.85. The molecule has 0 radical (unpaired) electrons. The Bertz CT molecular complexity index is 1750. The van der Waals surface area contributed by atoms with Gasteiger partial charge in [0.1, 0.15) is 23.0 Å². The molecule has 1 amide bonds. The van der Waals surface area contributed by atoms with Crippen LogP contribution in [0.15, 0.2) is 65.1 Å². The lowest BCUT2D eigenvalue weighted by Crippen LogP contribution is -2.40. The van der Waals surface area contributed by atoms with Crippen LogP contribution in [0.2, 0.25) is 0 Å². The molecule has 220 valence electrons. The second-order valence-corrected chi connectivity index (χ2v) is 12.7. The van der Waals surface area contributed by atoms with E-state index in [2.05, 4.69) is 0 Å². The fraction of sp³-hybridized carbons (Fsp3) is 0.312. The van der Waals surface area contributed by atoms with Gasteiger partial charge < -0.3 is 9.32 Å². The minimum Gasteiger partial charge on any atom is -0.455 e. The van der Waals surface area contributed by atoms with E-state index < -0.39 is 15.8 Å². The fourth-order valence-corrected chi connectivity index (χ4v) is 6.05. The Balaban J connectivity index is 1.60. The van der Waals surface area contributed by atoms with Crippen molar-refractivity contribution >= 4 is 38.4 Å². The van der Waals surface area contributed by atoms with Gasteiger partial charge in [-0.3, -0.25) is 13.9 Å². The summed E-state index contributed by atoms with van der Waals surface area (Å²) in [5.41, 5.74) is 3.01. The zero-order valence-corrected chi connectivity index (χ0v) is 24.5. The monoisotopic (exact) mass is 594 g/mol. The summed E-state index contributed by atoms with van der Waals surface area (Å²) < 4.78 is 59.8. The predicted octanol–water partition coefficient (Wildman–Crippen LogP) is 6.32. The number of anilines is 1. The minimum absolute atomic E-state index is 0.103. The van der Waals surface area contributed by atoms with Gasteiger partial charge in [-0.05, 0) is 66.4 Å². The lowest BCUT2D eigenvalue weighted by molar-refractivity contribution is -0.131. The number of Topliss-reactive ketones (excluding diaryl/α,β-unsaturated/α-hetero) is 1. The average molecular weight is 595 g/mol. The number of amides is 1. The molecule has 1 aromatic heterocycles. The van der Waals surface area contributed by atoms with Crippen LogP contribution in [0.3, 0.4) is 0 Å². The van der Waals surface area contributed by atoms with Crippen molar-refractivity contribution in [3.05, 3.63) is 89.0 Å². The number of hydrogen-bond donors (Lipinski definition) is 0. The Hall–Kier alpha value is -4.05. The van der Waals surface area contributed by atoms with E-state index in [0.717, 1.165) is 6.26 Å². The Morgan fingerprint density at radius 3 is 2.29 bits per heavy atom. The molecule has 5 rings (SSSR count). The highest BCUT2D eigenvalue weighted by Crippen LogP contribution is 2.42. The van der Waals surface area contributed by atoms with Crippen LogP contribution in [-0.2, 0) is 21.2 Å². The van der Waals surface area contributed by atoms with Crippen LogP contribution in [0.25, 0.3) is 22.3 Å². The van der Waals surface area contributed by atoms with Gasteiger partial charge in [-0.25, -0.2) is 17.2 Å². The van der Waals surface area contributed by atoms with E-state index in [-0.39, 0.29) is 36.3 Å². The highest BCUT2D eigenvalue weighted by Gasteiger charge is 2.31. The third-order valence-electron chi connectivity index (χ3n) is 7.86. The number of likely N-dealkylation sites (tertiary alicyclic amines) is 1. The smallest absolute Gasteiger partial charge is 0.232 e. The highest BCUT2D eigenvalue weighted by molar-refractivity contribution is 7.92. The molecule has 10 heteroatoms. The van der Waals surface area contributed by atoms with Crippen molar-refractivity contribution in [2.45, 2.75) is 38.5 Å². The van der Waals surface area contributed by atoms with Crippen LogP contribution in [0.1, 0.15) is 53.6 Å². The number of carbonyl (C=O) groups excluding carboxylic acids is 2. The summed E-state index contributed by atoms with van der Waals surface area (Å²) in [5.74, 6) is -0.981. The van der Waals surface area contributed by atoms with E-state index in [0.29, 0.717) is 70.6 Å². The van der Waals surface area contributed by atoms with Gasteiger partial charge in [0, 0.05) is 49.5 Å². The lowest BCUT2D eigenvalue weighted by Gasteiger charge is -2.35. The van der Waals surface area contributed by atoms with E-state index in [1.165, 1.54) is 47.8 Å². The topological polar surface area (TPSA) is 87.9 Å². The van der Waals surface area contributed by atoms with Crippen LogP contribution >= 0.6 is 0 Å². The maximum atomic E-state index is 13.7. The normalized spacial score (nSPS) is 15.6. The first-order chi connectivity index (χ1) is 20.0. The molecule has 1 atom stereocenters. The molecule has 42 heavy (non-hydrogen) atoms. The first-order valence-corrected chi connectivity index (χ1v) is 15.7. The standard InChI is InChI=1S/C32H32F2N2O5S/c1-4-28(37)31-26-17-25(22-6-5-15-36(19-22)30(38)16-20-7-11-23(33)12-8-20)27(35(2)42(3,39)40)18-29(26)41-32(31)21-9-13-24(34)14-10-21/h7-14,17-18,22H,4-6,15-16,19H2,1-3H3/t22-/m1/s1. The summed E-state index contributed by atoms with van der Waals surface area (Å²) in [6.45, 7) is 2.65. The van der Waals surface area contributed by atoms with Gasteiger partial charge in [0.15, 0.2) is 5.78 Å². The molecular weight excluding hydrogens is 562 g/mol. The molecule has 1 saturated heterocycles. The summed E-state index contributed by atoms with van der Waals surface area (Å²) in [4.78, 5) is 28.2. The number of benzene rings is 3. The molecule has 2 heterocycles. The van der Waals surface area contributed by atoms with Crippen molar-refractivity contribution in [2.24, 2.45) is 0 Å². The number of piperidine rings is 1. The molecule has 4 aromatic rings. The Labute approximate surface area is 243 Å². The number of halogens is 2. The van der Waals surface area contributed by atoms with Gasteiger partial charge in [-0.15, -0.1) is 0 Å². The molecule has 0 N–H and O–H groups in total. The fourth-order valence-electron chi connectivity index (χ4n) is 5.53. The Morgan fingerprint density at radius 2 is 1.67 bits per heavy atom. The summed E-state index contributed by atoms with van der Waals surface area (Å²) in [5, 5.41) is 0.539. The van der Waals surface area contributed by atoms with Crippen molar-refractivity contribution in [3.8, 4) is 11.3 Å². The Kier molecular flexibility index (Phi) is 8.19. The summed E-state index contributed by atoms with van der Waals surface area (Å²) in [6, 6.07) is 14.9. The van der Waals surface area contributed by atoms with Crippen molar-refractivity contribution in [1.29, 1.82) is 0 Å². The van der Waals surface area contributed by atoms with E-state index in [4.69, 9.17) is 4.42 Å². The maximum absolute atomic E-state index is 13.7. The minimum atomic E-state index is -3.67. The molecule has 1 aliphatic heterocycles. The lowest BCUT2D eigenvalue weighted by atomic mass is 9.87. The quantitative estimate of drug-likeness (QED) is 0.223. The maximum Gasteiger partial charge on any atom is 0.232 e. The van der Waals surface area contributed by atoms with Crippen molar-refractivity contribution < 1.29 is 31.2 Å². The number of carbonyl (C=O) groups is 2. The summed E-state index contributed by atoms with van der Waals surface area (Å²) in [7, 11) is -2.21. The van der Waals surface area contributed by atoms with E-state index in [9.17, 15) is 26.8 Å². The molecular formula is C32H32F2N2O5S. The molecule has 1 aliphatic rings. The van der Waals surface area contributed by atoms with Crippen LogP contribution in [0.4, 0.5) is 14.5 Å². The molecule has 7 nitrogen and oxygen atoms in total. The Morgan fingerprint density at radius 1 is 1.02 bits per heavy atom. The van der Waals surface area contributed by atoms with Crippen LogP contribution < -0.4 is 4.31 Å². The van der Waals surface area contributed by atoms with Gasteiger partial charge >= 0.3 is 0 Å². The number of sulfonamides is 1. The zero-order chi connectivity index (χ0) is 30.2. The molecule has 0 unspecified atom stereocenters. The zero-order valence-electron chi connectivity index (χ0n) is 23.7. The second kappa shape index (κ2) is 11.7. The number of rotatable bonds is 8. The van der Waals surface area contributed by atoms with Crippen LogP contribution in [0.5, 0.6) is 0 Å². The highest BCUT2D eigenvalue weighted by atomic mass is 32.2. The van der Waals surface area contributed by atoms with E-state index in [1.54, 1.807) is 30.0 Å². The first-order valence-electron chi connectivity index (χ1n) is 13.8. The largest absolute Gasteiger partial charge is 0.455 e. The molecule has 1 fully saturated rings. The van der Waals surface area contributed by atoms with Crippen LogP contribution in [0, 0.1) is 11.6 Å². The molecule has 0 spiro atoms. The van der Waals surface area contributed by atoms with E-state index in [1.807, 2.05) is 6.07 Å². The molecule has 3 aromatic carbocycles. The number of hydrogen-bond acceptors (Lipinski definition) is 5. The van der Waals surface area contributed by atoms with E-state index >= 15 is 0 Å². The van der Waals surface area contributed by atoms with Crippen molar-refractivity contribution in [1.82, 2.24) is 4.90 Å². The third-order valence-corrected chi connectivity index (χ3v) is 9.05. The molecule has 0 aliphatic carbocycles. The third kappa shape index (κ3) is 5.94. The van der Waals surface area contributed by atoms with Gasteiger partial charge in [0.2, 0.25) is 15.9 Å². The van der Waals surface area contributed by atoms with Crippen LogP contribution in [-0.4, -0.2) is 51.4 Å². The first kappa shape index (κ1) is 29.4.